The van der Waals surface area contributed by atoms with E-state index in [1.807, 2.05) is 0 Å². The minimum atomic E-state index is -0.649. The van der Waals surface area contributed by atoms with Crippen LogP contribution >= 0.6 is 0 Å². The molecule has 0 bridgehead atoms. The van der Waals surface area contributed by atoms with Crippen LogP contribution in [0, 0.1) is 0 Å². The minimum absolute atomic E-state index is 0.0388. The van der Waals surface area contributed by atoms with Crippen molar-refractivity contribution in [2.45, 2.75) is 109 Å². The third-order valence-electron chi connectivity index (χ3n) is 4.62. The van der Waals surface area contributed by atoms with Gasteiger partial charge in [0.05, 0.1) is 0 Å². The highest BCUT2D eigenvalue weighted by Crippen LogP contribution is 2.24. The summed E-state index contributed by atoms with van der Waals surface area (Å²) in [6, 6.07) is 0. The summed E-state index contributed by atoms with van der Waals surface area (Å²) in [6.45, 7) is 2.26. The predicted octanol–water partition coefficient (Wildman–Crippen LogP) is 4.29. The lowest BCUT2D eigenvalue weighted by molar-refractivity contribution is -0.121. The van der Waals surface area contributed by atoms with Crippen LogP contribution in [0.1, 0.15) is 96.8 Å². The molecule has 0 aliphatic carbocycles. The Morgan fingerprint density at radius 3 is 1.57 bits per heavy atom. The van der Waals surface area contributed by atoms with Crippen LogP contribution in [0.25, 0.3) is 0 Å². The van der Waals surface area contributed by atoms with Gasteiger partial charge in [-0.25, -0.2) is 0 Å². The second-order valence-electron chi connectivity index (χ2n) is 6.84. The van der Waals surface area contributed by atoms with Gasteiger partial charge in [0.2, 0.25) is 5.91 Å². The lowest BCUT2D eigenvalue weighted by atomic mass is 10.0. The van der Waals surface area contributed by atoms with Crippen LogP contribution < -0.4 is 5.73 Å². The van der Waals surface area contributed by atoms with Gasteiger partial charge in [-0.05, 0) is 6.42 Å². The Morgan fingerprint density at radius 1 is 0.739 bits per heavy atom. The smallest absolute Gasteiger partial charge is 0.249 e. The molecule has 0 aromatic carbocycles. The molecular weight excluding hydrogens is 290 g/mol. The number of hydrogen-bond donors (Lipinski definition) is 1. The van der Waals surface area contributed by atoms with Gasteiger partial charge in [0, 0.05) is 6.42 Å². The highest BCUT2D eigenvalue weighted by molar-refractivity contribution is 5.95. The molecule has 23 heavy (non-hydrogen) atoms. The summed E-state index contributed by atoms with van der Waals surface area (Å²) in [5.74, 6) is -0.481. The van der Waals surface area contributed by atoms with Crippen molar-refractivity contribution < 1.29 is 14.3 Å². The molecule has 0 radical (unpaired) electrons. The molecule has 1 aliphatic rings. The number of primary amides is 1. The lowest BCUT2D eigenvalue weighted by Gasteiger charge is -2.02. The van der Waals surface area contributed by atoms with E-state index in [1.54, 1.807) is 0 Å². The van der Waals surface area contributed by atoms with Gasteiger partial charge in [0.25, 0.3) is 0 Å². The first-order valence-corrected chi connectivity index (χ1v) is 9.64. The monoisotopic (exact) mass is 325 g/mol. The molecule has 0 aromatic heterocycles. The summed E-state index contributed by atoms with van der Waals surface area (Å²) >= 11 is 0. The molecule has 1 saturated heterocycles. The quantitative estimate of drug-likeness (QED) is 0.340. The van der Waals surface area contributed by atoms with Crippen LogP contribution in [0.4, 0.5) is 0 Å². The standard InChI is InChI=1S/C19H35NO3/c1-2-3-4-5-6-7-8-9-10-11-12-13-14-15-16(21)17-18(23-17)19(20)22/h17-18H,2-15H2,1H3,(H2,20,22)/t17-,18-/m0/s1. The van der Waals surface area contributed by atoms with Crippen LogP contribution in [0.15, 0.2) is 0 Å². The maximum absolute atomic E-state index is 11.7. The Balaban J connectivity index is 1.77. The molecule has 0 saturated carbocycles. The van der Waals surface area contributed by atoms with Crippen LogP contribution in [0.5, 0.6) is 0 Å². The Hall–Kier alpha value is -0.900. The van der Waals surface area contributed by atoms with E-state index < -0.39 is 18.1 Å². The maximum Gasteiger partial charge on any atom is 0.249 e. The van der Waals surface area contributed by atoms with Crippen molar-refractivity contribution in [3.05, 3.63) is 0 Å². The molecule has 1 fully saturated rings. The van der Waals surface area contributed by atoms with Crippen molar-refractivity contribution in [1.82, 2.24) is 0 Å². The second-order valence-corrected chi connectivity index (χ2v) is 6.84. The normalized spacial score (nSPS) is 19.7. The minimum Gasteiger partial charge on any atom is -0.367 e. The van der Waals surface area contributed by atoms with Crippen molar-refractivity contribution >= 4 is 11.7 Å². The first kappa shape index (κ1) is 20.1. The fourth-order valence-electron chi connectivity index (χ4n) is 3.03. The molecule has 2 atom stereocenters. The van der Waals surface area contributed by atoms with Crippen molar-refractivity contribution in [1.29, 1.82) is 0 Å². The van der Waals surface area contributed by atoms with E-state index in [0.717, 1.165) is 12.8 Å². The number of Topliss-reactive ketones (excluding diaryl/α,β-unsaturated/α-hetero) is 1. The molecule has 4 heteroatoms. The molecule has 1 rings (SSSR count). The molecule has 0 unspecified atom stereocenters. The molecule has 0 aromatic rings. The molecule has 1 amide bonds. The van der Waals surface area contributed by atoms with E-state index in [9.17, 15) is 9.59 Å². The van der Waals surface area contributed by atoms with Crippen molar-refractivity contribution in [2.24, 2.45) is 5.73 Å². The van der Waals surface area contributed by atoms with Crippen LogP contribution in [-0.2, 0) is 14.3 Å². The Morgan fingerprint density at radius 2 is 1.17 bits per heavy atom. The number of unbranched alkanes of at least 4 members (excludes halogenated alkanes) is 12. The number of ketones is 1. The van der Waals surface area contributed by atoms with E-state index in [-0.39, 0.29) is 5.78 Å². The van der Waals surface area contributed by atoms with Crippen LogP contribution in [-0.4, -0.2) is 23.9 Å². The SMILES string of the molecule is CCCCCCCCCCCCCCCC(=O)[C@@H]1O[C@@H]1C(N)=O. The molecule has 0 spiro atoms. The number of carbonyl (C=O) groups is 2. The van der Waals surface area contributed by atoms with Crippen LogP contribution in [0.3, 0.4) is 0 Å². The van der Waals surface area contributed by atoms with E-state index in [0.29, 0.717) is 6.42 Å². The van der Waals surface area contributed by atoms with Crippen molar-refractivity contribution in [2.75, 3.05) is 0 Å². The fraction of sp³-hybridized carbons (Fsp3) is 0.895. The summed E-state index contributed by atoms with van der Waals surface area (Å²) < 4.78 is 4.98. The number of carbonyl (C=O) groups excluding carboxylic acids is 2. The number of epoxide rings is 1. The molecule has 1 aliphatic heterocycles. The fourth-order valence-corrected chi connectivity index (χ4v) is 3.03. The lowest BCUT2D eigenvalue weighted by Crippen LogP contribution is -2.22. The van der Waals surface area contributed by atoms with E-state index in [4.69, 9.17) is 10.5 Å². The summed E-state index contributed by atoms with van der Waals surface area (Å²) in [5.41, 5.74) is 5.08. The Kier molecular flexibility index (Phi) is 11.0. The average Bonchev–Trinajstić information content (AvgIpc) is 3.32. The van der Waals surface area contributed by atoms with E-state index in [1.165, 1.54) is 70.6 Å². The van der Waals surface area contributed by atoms with Gasteiger partial charge >= 0.3 is 0 Å². The number of hydrogen-bond acceptors (Lipinski definition) is 3. The third-order valence-corrected chi connectivity index (χ3v) is 4.62. The molecule has 4 nitrogen and oxygen atoms in total. The Bertz CT molecular complexity index is 344. The predicted molar refractivity (Wildman–Crippen MR) is 93.2 cm³/mol. The summed E-state index contributed by atoms with van der Waals surface area (Å²) in [4.78, 5) is 22.5. The van der Waals surface area contributed by atoms with E-state index in [2.05, 4.69) is 6.92 Å². The van der Waals surface area contributed by atoms with Crippen molar-refractivity contribution in [3.8, 4) is 0 Å². The molecule has 1 heterocycles. The zero-order chi connectivity index (χ0) is 16.9. The summed E-state index contributed by atoms with van der Waals surface area (Å²) in [7, 11) is 0. The van der Waals surface area contributed by atoms with Gasteiger partial charge in [-0.3, -0.25) is 9.59 Å². The number of ether oxygens (including phenoxy) is 1. The highest BCUT2D eigenvalue weighted by atomic mass is 16.6. The average molecular weight is 325 g/mol. The number of amides is 1. The van der Waals surface area contributed by atoms with Crippen LogP contribution in [0.2, 0.25) is 0 Å². The first-order valence-electron chi connectivity index (χ1n) is 9.64. The topological polar surface area (TPSA) is 72.7 Å². The van der Waals surface area contributed by atoms with E-state index >= 15 is 0 Å². The number of rotatable bonds is 16. The van der Waals surface area contributed by atoms with Gasteiger partial charge in [-0.15, -0.1) is 0 Å². The van der Waals surface area contributed by atoms with Gasteiger partial charge < -0.3 is 10.5 Å². The zero-order valence-corrected chi connectivity index (χ0v) is 14.9. The highest BCUT2D eigenvalue weighted by Gasteiger charge is 2.48. The van der Waals surface area contributed by atoms with Gasteiger partial charge in [0.15, 0.2) is 18.0 Å². The first-order chi connectivity index (χ1) is 11.2. The molecule has 134 valence electrons. The summed E-state index contributed by atoms with van der Waals surface area (Å²) in [5, 5.41) is 0. The summed E-state index contributed by atoms with van der Waals surface area (Å²) in [6.07, 6.45) is 16.2. The van der Waals surface area contributed by atoms with Gasteiger partial charge in [-0.2, -0.15) is 0 Å². The third kappa shape index (κ3) is 9.75. The van der Waals surface area contributed by atoms with Gasteiger partial charge in [-0.1, -0.05) is 84.0 Å². The maximum atomic E-state index is 11.7. The molecular formula is C19H35NO3. The van der Waals surface area contributed by atoms with Crippen molar-refractivity contribution in [3.63, 3.8) is 0 Å². The second kappa shape index (κ2) is 12.5. The largest absolute Gasteiger partial charge is 0.367 e. The number of nitrogens with two attached hydrogens (primary N) is 1. The van der Waals surface area contributed by atoms with Gasteiger partial charge in [0.1, 0.15) is 0 Å². The molecule has 2 N–H and O–H groups in total. The zero-order valence-electron chi connectivity index (χ0n) is 14.9. The Labute approximate surface area is 141 Å².